The lowest BCUT2D eigenvalue weighted by Gasteiger charge is -2.32. The van der Waals surface area contributed by atoms with Crippen LogP contribution in [0.5, 0.6) is 11.5 Å². The van der Waals surface area contributed by atoms with Gasteiger partial charge in [-0.25, -0.2) is 8.42 Å². The number of hydrogen-bond acceptors (Lipinski definition) is 6. The summed E-state index contributed by atoms with van der Waals surface area (Å²) in [6, 6.07) is 13.4. The molecular formula is C30H35Cl2N3O6S. The van der Waals surface area contributed by atoms with E-state index in [1.807, 2.05) is 19.9 Å². The molecule has 42 heavy (non-hydrogen) atoms. The number of amides is 2. The third-order valence-electron chi connectivity index (χ3n) is 6.59. The van der Waals surface area contributed by atoms with E-state index >= 15 is 0 Å². The van der Waals surface area contributed by atoms with Gasteiger partial charge < -0.3 is 19.7 Å². The third-order valence-corrected chi connectivity index (χ3v) is 8.95. The van der Waals surface area contributed by atoms with E-state index in [2.05, 4.69) is 5.32 Å². The Morgan fingerprint density at radius 2 is 1.57 bits per heavy atom. The van der Waals surface area contributed by atoms with Gasteiger partial charge in [0.2, 0.25) is 11.8 Å². The highest BCUT2D eigenvalue weighted by atomic mass is 35.5. The van der Waals surface area contributed by atoms with Crippen molar-refractivity contribution in [2.75, 3.05) is 31.6 Å². The molecule has 0 aliphatic carbocycles. The molecule has 0 saturated heterocycles. The van der Waals surface area contributed by atoms with Gasteiger partial charge in [-0.3, -0.25) is 13.9 Å². The Labute approximate surface area is 257 Å². The summed E-state index contributed by atoms with van der Waals surface area (Å²) in [5.41, 5.74) is 2.47. The predicted molar refractivity (Wildman–Crippen MR) is 165 cm³/mol. The molecule has 0 unspecified atom stereocenters. The standard InChI is InChI=1S/C30H35Cl2N3O6S/c1-7-33-30(37)21(4)34(17-22-8-9-23(31)15-26(22)32)29(36)18-35(24-13-19(2)12-20(3)14-24)42(38,39)25-10-11-27(40-5)28(16-25)41-6/h8-16,21H,7,17-18H2,1-6H3,(H,33,37)/t21-/m1/s1. The minimum Gasteiger partial charge on any atom is -0.493 e. The highest BCUT2D eigenvalue weighted by Crippen LogP contribution is 2.33. The molecule has 1 atom stereocenters. The number of nitrogens with one attached hydrogen (secondary N) is 1. The Morgan fingerprint density at radius 3 is 2.14 bits per heavy atom. The Bertz CT molecular complexity index is 1540. The molecule has 0 spiro atoms. The lowest BCUT2D eigenvalue weighted by atomic mass is 10.1. The van der Waals surface area contributed by atoms with Gasteiger partial charge in [0.25, 0.3) is 10.0 Å². The highest BCUT2D eigenvalue weighted by Gasteiger charge is 2.33. The van der Waals surface area contributed by atoms with Crippen LogP contribution < -0.4 is 19.1 Å². The van der Waals surface area contributed by atoms with Crippen LogP contribution in [-0.4, -0.2) is 58.5 Å². The molecule has 2 amide bonds. The molecule has 3 aromatic rings. The summed E-state index contributed by atoms with van der Waals surface area (Å²) < 4.78 is 40.0. The van der Waals surface area contributed by atoms with Crippen molar-refractivity contribution in [2.24, 2.45) is 0 Å². The van der Waals surface area contributed by atoms with Gasteiger partial charge in [0, 0.05) is 29.2 Å². The summed E-state index contributed by atoms with van der Waals surface area (Å²) in [5.74, 6) is -0.430. The van der Waals surface area contributed by atoms with Crippen LogP contribution in [0.3, 0.4) is 0 Å². The fourth-order valence-corrected chi connectivity index (χ4v) is 6.35. The molecule has 9 nitrogen and oxygen atoms in total. The number of carbonyl (C=O) groups excluding carboxylic acids is 2. The average molecular weight is 637 g/mol. The number of methoxy groups -OCH3 is 2. The van der Waals surface area contributed by atoms with Crippen LogP contribution in [0, 0.1) is 13.8 Å². The van der Waals surface area contributed by atoms with Crippen LogP contribution in [0.25, 0.3) is 0 Å². The van der Waals surface area contributed by atoms with E-state index < -0.39 is 34.4 Å². The maximum atomic E-state index is 14.2. The van der Waals surface area contributed by atoms with Crippen molar-refractivity contribution in [1.82, 2.24) is 10.2 Å². The van der Waals surface area contributed by atoms with Crippen molar-refractivity contribution in [3.63, 3.8) is 0 Å². The third kappa shape index (κ3) is 7.67. The summed E-state index contributed by atoms with van der Waals surface area (Å²) in [6.45, 7) is 6.74. The van der Waals surface area contributed by atoms with Gasteiger partial charge in [-0.05, 0) is 80.8 Å². The van der Waals surface area contributed by atoms with E-state index in [4.69, 9.17) is 32.7 Å². The summed E-state index contributed by atoms with van der Waals surface area (Å²) in [5, 5.41) is 3.45. The van der Waals surface area contributed by atoms with Crippen LogP contribution in [-0.2, 0) is 26.2 Å². The molecule has 226 valence electrons. The van der Waals surface area contributed by atoms with Gasteiger partial charge in [-0.2, -0.15) is 0 Å². The minimum atomic E-state index is -4.31. The molecule has 0 aliphatic rings. The molecular weight excluding hydrogens is 601 g/mol. The van der Waals surface area contributed by atoms with E-state index in [9.17, 15) is 18.0 Å². The molecule has 1 N–H and O–H groups in total. The number of anilines is 1. The van der Waals surface area contributed by atoms with Crippen molar-refractivity contribution in [2.45, 2.75) is 45.2 Å². The number of sulfonamides is 1. The molecule has 0 aromatic heterocycles. The first-order chi connectivity index (χ1) is 19.8. The molecule has 12 heteroatoms. The van der Waals surface area contributed by atoms with E-state index in [1.54, 1.807) is 44.2 Å². The first-order valence-corrected chi connectivity index (χ1v) is 15.4. The SMILES string of the molecule is CCNC(=O)[C@@H](C)N(Cc1ccc(Cl)cc1Cl)C(=O)CN(c1cc(C)cc(C)c1)S(=O)(=O)c1ccc(OC)c(OC)c1. The number of carbonyl (C=O) groups is 2. The number of benzene rings is 3. The minimum absolute atomic E-state index is 0.0514. The summed E-state index contributed by atoms with van der Waals surface area (Å²) >= 11 is 12.5. The normalized spacial score (nSPS) is 11.9. The second kappa shape index (κ2) is 14.1. The van der Waals surface area contributed by atoms with Gasteiger partial charge in [0.1, 0.15) is 12.6 Å². The number of halogens is 2. The summed E-state index contributed by atoms with van der Waals surface area (Å²) in [7, 11) is -1.46. The number of hydrogen-bond donors (Lipinski definition) is 1. The van der Waals surface area contributed by atoms with Crippen molar-refractivity contribution >= 4 is 50.7 Å². The first-order valence-electron chi connectivity index (χ1n) is 13.2. The largest absolute Gasteiger partial charge is 0.493 e. The van der Waals surface area contributed by atoms with Crippen molar-refractivity contribution in [3.8, 4) is 11.5 Å². The van der Waals surface area contributed by atoms with Crippen molar-refractivity contribution < 1.29 is 27.5 Å². The van der Waals surface area contributed by atoms with E-state index in [1.165, 1.54) is 37.3 Å². The van der Waals surface area contributed by atoms with E-state index in [0.717, 1.165) is 15.4 Å². The zero-order valence-electron chi connectivity index (χ0n) is 24.4. The number of nitrogens with zero attached hydrogens (tertiary/aromatic N) is 2. The second-order valence-electron chi connectivity index (χ2n) is 9.70. The number of ether oxygens (including phenoxy) is 2. The summed E-state index contributed by atoms with van der Waals surface area (Å²) in [4.78, 5) is 28.2. The van der Waals surface area contributed by atoms with Crippen LogP contribution in [0.1, 0.15) is 30.5 Å². The zero-order chi connectivity index (χ0) is 31.2. The second-order valence-corrected chi connectivity index (χ2v) is 12.4. The van der Waals surface area contributed by atoms with Crippen LogP contribution in [0.15, 0.2) is 59.5 Å². The Morgan fingerprint density at radius 1 is 0.929 bits per heavy atom. The van der Waals surface area contributed by atoms with Gasteiger partial charge in [-0.1, -0.05) is 35.3 Å². The fraction of sp³-hybridized carbons (Fsp3) is 0.333. The molecule has 0 heterocycles. The maximum absolute atomic E-state index is 14.2. The Balaban J connectivity index is 2.13. The lowest BCUT2D eigenvalue weighted by Crippen LogP contribution is -2.51. The number of likely N-dealkylation sites (N-methyl/N-ethyl adjacent to an activating group) is 1. The summed E-state index contributed by atoms with van der Waals surface area (Å²) in [6.07, 6.45) is 0. The van der Waals surface area contributed by atoms with E-state index in [-0.39, 0.29) is 17.2 Å². The molecule has 3 aromatic carbocycles. The lowest BCUT2D eigenvalue weighted by molar-refractivity contribution is -0.139. The van der Waals surface area contributed by atoms with Crippen molar-refractivity contribution in [1.29, 1.82) is 0 Å². The van der Waals surface area contributed by atoms with Gasteiger partial charge in [0.15, 0.2) is 11.5 Å². The zero-order valence-corrected chi connectivity index (χ0v) is 26.7. The van der Waals surface area contributed by atoms with Crippen LogP contribution in [0.2, 0.25) is 10.0 Å². The van der Waals surface area contributed by atoms with Gasteiger partial charge >= 0.3 is 0 Å². The van der Waals surface area contributed by atoms with Crippen LogP contribution in [0.4, 0.5) is 5.69 Å². The average Bonchev–Trinajstić information content (AvgIpc) is 2.94. The highest BCUT2D eigenvalue weighted by molar-refractivity contribution is 7.92. The van der Waals surface area contributed by atoms with Crippen LogP contribution >= 0.6 is 23.2 Å². The molecule has 0 fully saturated rings. The topological polar surface area (TPSA) is 105 Å². The smallest absolute Gasteiger partial charge is 0.264 e. The maximum Gasteiger partial charge on any atom is 0.264 e. The molecule has 0 radical (unpaired) electrons. The quantitative estimate of drug-likeness (QED) is 0.287. The molecule has 0 bridgehead atoms. The Hall–Kier alpha value is -3.47. The molecule has 0 saturated carbocycles. The van der Waals surface area contributed by atoms with E-state index in [0.29, 0.717) is 33.6 Å². The fourth-order valence-electron chi connectivity index (χ4n) is 4.47. The monoisotopic (exact) mass is 635 g/mol. The predicted octanol–water partition coefficient (Wildman–Crippen LogP) is 5.38. The Kier molecular flexibility index (Phi) is 11.1. The van der Waals surface area contributed by atoms with Gasteiger partial charge in [-0.15, -0.1) is 0 Å². The number of rotatable bonds is 12. The molecule has 0 aliphatic heterocycles. The van der Waals surface area contributed by atoms with Gasteiger partial charge in [0.05, 0.1) is 24.8 Å². The number of aryl methyl sites for hydroxylation is 2. The molecule has 3 rings (SSSR count). The first kappa shape index (κ1) is 33.0. The van der Waals surface area contributed by atoms with Crippen molar-refractivity contribution in [3.05, 3.63) is 81.3 Å².